The molecule has 2 amide bonds. The quantitative estimate of drug-likeness (QED) is 0.318. The summed E-state index contributed by atoms with van der Waals surface area (Å²) in [5.74, 6) is -0.348. The number of aryl methyl sites for hydroxylation is 1. The van der Waals surface area contributed by atoms with E-state index in [0.29, 0.717) is 22.8 Å². The van der Waals surface area contributed by atoms with E-state index < -0.39 is 23.7 Å². The topological polar surface area (TPSA) is 71.8 Å². The zero-order valence-corrected chi connectivity index (χ0v) is 19.4. The Balaban J connectivity index is 1.56. The van der Waals surface area contributed by atoms with Crippen molar-refractivity contribution < 1.29 is 13.6 Å². The number of benzene rings is 3. The molecule has 0 aliphatic carbocycles. The number of hydrogen-bond acceptors (Lipinski definition) is 4. The van der Waals surface area contributed by atoms with Crippen LogP contribution in [0.4, 0.5) is 19.3 Å². The van der Waals surface area contributed by atoms with E-state index in [1.807, 2.05) is 66.1 Å². The molecule has 1 atom stereocenters. The molecule has 0 saturated heterocycles. The number of aromatic nitrogens is 3. The second-order valence-electron chi connectivity index (χ2n) is 7.73. The van der Waals surface area contributed by atoms with Crippen molar-refractivity contribution in [2.75, 3.05) is 5.32 Å². The molecule has 3 aromatic carbocycles. The van der Waals surface area contributed by atoms with Gasteiger partial charge in [0.05, 0.1) is 11.7 Å². The highest BCUT2D eigenvalue weighted by atomic mass is 32.2. The van der Waals surface area contributed by atoms with Crippen LogP contribution in [0.5, 0.6) is 0 Å². The monoisotopic (exact) mass is 479 g/mol. The number of hydrogen-bond donors (Lipinski definition) is 2. The molecule has 1 aromatic heterocycles. The van der Waals surface area contributed by atoms with Gasteiger partial charge in [-0.15, -0.1) is 10.2 Å². The van der Waals surface area contributed by atoms with Crippen LogP contribution in [0.15, 0.2) is 78.0 Å². The Labute approximate surface area is 200 Å². The van der Waals surface area contributed by atoms with Gasteiger partial charge < -0.3 is 10.6 Å². The fourth-order valence-corrected chi connectivity index (χ4v) is 4.24. The van der Waals surface area contributed by atoms with Gasteiger partial charge in [-0.3, -0.25) is 4.57 Å². The Morgan fingerprint density at radius 1 is 1.03 bits per heavy atom. The first-order valence-electron chi connectivity index (χ1n) is 10.6. The molecular formula is C25H23F2N5OS. The predicted octanol–water partition coefficient (Wildman–Crippen LogP) is 6.03. The number of anilines is 1. The van der Waals surface area contributed by atoms with Gasteiger partial charge in [-0.2, -0.15) is 0 Å². The largest absolute Gasteiger partial charge is 0.328 e. The Kier molecular flexibility index (Phi) is 7.22. The lowest BCUT2D eigenvalue weighted by atomic mass is 10.2. The average molecular weight is 480 g/mol. The molecule has 2 N–H and O–H groups in total. The molecule has 174 valence electrons. The molecule has 0 fully saturated rings. The van der Waals surface area contributed by atoms with Crippen molar-refractivity contribution in [1.29, 1.82) is 0 Å². The van der Waals surface area contributed by atoms with Crippen LogP contribution in [0.25, 0.3) is 5.69 Å². The summed E-state index contributed by atoms with van der Waals surface area (Å²) in [4.78, 5) is 12.5. The van der Waals surface area contributed by atoms with Gasteiger partial charge in [-0.05, 0) is 43.7 Å². The van der Waals surface area contributed by atoms with Crippen LogP contribution in [0.3, 0.4) is 0 Å². The molecule has 1 heterocycles. The van der Waals surface area contributed by atoms with E-state index in [9.17, 15) is 13.6 Å². The van der Waals surface area contributed by atoms with Crippen molar-refractivity contribution in [3.8, 4) is 5.69 Å². The first-order valence-corrected chi connectivity index (χ1v) is 11.6. The Morgan fingerprint density at radius 2 is 1.76 bits per heavy atom. The Hall–Kier alpha value is -3.72. The Bertz CT molecular complexity index is 1280. The van der Waals surface area contributed by atoms with E-state index in [1.54, 1.807) is 6.92 Å². The van der Waals surface area contributed by atoms with E-state index in [-0.39, 0.29) is 5.69 Å². The summed E-state index contributed by atoms with van der Waals surface area (Å²) < 4.78 is 28.9. The van der Waals surface area contributed by atoms with E-state index >= 15 is 0 Å². The van der Waals surface area contributed by atoms with Crippen LogP contribution < -0.4 is 10.6 Å². The van der Waals surface area contributed by atoms with Crippen LogP contribution in [0.1, 0.15) is 29.9 Å². The predicted molar refractivity (Wildman–Crippen MR) is 129 cm³/mol. The molecule has 0 aliphatic rings. The molecule has 0 saturated carbocycles. The molecule has 1 unspecified atom stereocenters. The molecule has 0 aliphatic heterocycles. The number of amides is 2. The number of nitrogens with one attached hydrogen (secondary N) is 2. The van der Waals surface area contributed by atoms with Gasteiger partial charge in [-0.25, -0.2) is 13.6 Å². The second kappa shape index (κ2) is 10.5. The summed E-state index contributed by atoms with van der Waals surface area (Å²) in [6.07, 6.45) is 0. The van der Waals surface area contributed by atoms with Crippen LogP contribution >= 0.6 is 11.8 Å². The molecular weight excluding hydrogens is 456 g/mol. The van der Waals surface area contributed by atoms with Crippen molar-refractivity contribution in [2.24, 2.45) is 0 Å². The normalized spacial score (nSPS) is 11.8. The summed E-state index contributed by atoms with van der Waals surface area (Å²) in [5, 5.41) is 14.5. The molecule has 34 heavy (non-hydrogen) atoms. The zero-order chi connectivity index (χ0) is 24.1. The molecule has 4 rings (SSSR count). The smallest absolute Gasteiger partial charge is 0.319 e. The van der Waals surface area contributed by atoms with Gasteiger partial charge in [0.15, 0.2) is 11.0 Å². The van der Waals surface area contributed by atoms with Crippen molar-refractivity contribution in [2.45, 2.75) is 30.8 Å². The van der Waals surface area contributed by atoms with Crippen molar-refractivity contribution >= 4 is 23.5 Å². The number of carbonyl (C=O) groups excluding carboxylic acids is 1. The maximum absolute atomic E-state index is 13.9. The highest BCUT2D eigenvalue weighted by molar-refractivity contribution is 7.98. The number of carbonyl (C=O) groups is 1. The number of halogens is 2. The van der Waals surface area contributed by atoms with E-state index in [2.05, 4.69) is 20.8 Å². The standard InChI is InChI=1S/C25H23F2N5OS/c1-16-8-11-20(12-9-16)32-23(30-31-25(32)34-15-18-6-4-3-5-7-18)17(2)28-24(33)29-22-13-10-19(26)14-21(22)27/h3-14,17H,15H2,1-2H3,(H2,28,29,33). The summed E-state index contributed by atoms with van der Waals surface area (Å²) >= 11 is 1.54. The number of rotatable bonds is 7. The molecule has 0 bridgehead atoms. The number of urea groups is 1. The minimum absolute atomic E-state index is 0.120. The van der Waals surface area contributed by atoms with Gasteiger partial charge in [-0.1, -0.05) is 59.8 Å². The lowest BCUT2D eigenvalue weighted by molar-refractivity contribution is 0.248. The van der Waals surface area contributed by atoms with Gasteiger partial charge in [0, 0.05) is 17.5 Å². The molecule has 0 radical (unpaired) electrons. The lowest BCUT2D eigenvalue weighted by Crippen LogP contribution is -2.32. The molecule has 6 nitrogen and oxygen atoms in total. The van der Waals surface area contributed by atoms with Crippen LogP contribution in [0, 0.1) is 18.6 Å². The minimum Gasteiger partial charge on any atom is -0.328 e. The number of nitrogens with zero attached hydrogens (tertiary/aromatic N) is 3. The zero-order valence-electron chi connectivity index (χ0n) is 18.6. The third-order valence-corrected chi connectivity index (χ3v) is 6.08. The van der Waals surface area contributed by atoms with E-state index in [4.69, 9.17) is 0 Å². The first kappa shape index (κ1) is 23.4. The first-order chi connectivity index (χ1) is 16.4. The summed E-state index contributed by atoms with van der Waals surface area (Å²) in [6, 6.07) is 19.7. The summed E-state index contributed by atoms with van der Waals surface area (Å²) in [5.41, 5.74) is 3.01. The highest BCUT2D eigenvalue weighted by Crippen LogP contribution is 2.28. The minimum atomic E-state index is -0.856. The van der Waals surface area contributed by atoms with Crippen LogP contribution in [-0.4, -0.2) is 20.8 Å². The van der Waals surface area contributed by atoms with Crippen molar-refractivity contribution in [3.63, 3.8) is 0 Å². The third-order valence-electron chi connectivity index (χ3n) is 5.08. The molecule has 4 aromatic rings. The van der Waals surface area contributed by atoms with Gasteiger partial charge in [0.25, 0.3) is 0 Å². The maximum Gasteiger partial charge on any atom is 0.319 e. The van der Waals surface area contributed by atoms with Gasteiger partial charge in [0.2, 0.25) is 0 Å². The maximum atomic E-state index is 13.9. The highest BCUT2D eigenvalue weighted by Gasteiger charge is 2.21. The fraction of sp³-hybridized carbons (Fsp3) is 0.160. The summed E-state index contributed by atoms with van der Waals surface area (Å²) in [6.45, 7) is 3.77. The van der Waals surface area contributed by atoms with Crippen LogP contribution in [-0.2, 0) is 5.75 Å². The van der Waals surface area contributed by atoms with E-state index in [1.165, 1.54) is 17.8 Å². The fourth-order valence-electron chi connectivity index (χ4n) is 3.32. The SMILES string of the molecule is Cc1ccc(-n2c(SCc3ccccc3)nnc2C(C)NC(=O)Nc2ccc(F)cc2F)cc1. The van der Waals surface area contributed by atoms with Gasteiger partial charge >= 0.3 is 6.03 Å². The molecule has 9 heteroatoms. The van der Waals surface area contributed by atoms with Gasteiger partial charge in [0.1, 0.15) is 11.6 Å². The average Bonchev–Trinajstić information content (AvgIpc) is 3.25. The Morgan fingerprint density at radius 3 is 2.47 bits per heavy atom. The van der Waals surface area contributed by atoms with Crippen molar-refractivity contribution in [1.82, 2.24) is 20.1 Å². The molecule has 0 spiro atoms. The number of thioether (sulfide) groups is 1. The summed E-state index contributed by atoms with van der Waals surface area (Å²) in [7, 11) is 0. The second-order valence-corrected chi connectivity index (χ2v) is 8.67. The van der Waals surface area contributed by atoms with Crippen LogP contribution in [0.2, 0.25) is 0 Å². The van der Waals surface area contributed by atoms with Crippen molar-refractivity contribution in [3.05, 3.63) is 101 Å². The third kappa shape index (κ3) is 5.60. The van der Waals surface area contributed by atoms with E-state index in [0.717, 1.165) is 22.9 Å². The lowest BCUT2D eigenvalue weighted by Gasteiger charge is -2.17.